The van der Waals surface area contributed by atoms with Crippen molar-refractivity contribution in [3.63, 3.8) is 0 Å². The Morgan fingerprint density at radius 2 is 1.89 bits per heavy atom. The van der Waals surface area contributed by atoms with Crippen LogP contribution in [0.3, 0.4) is 0 Å². The number of rotatable bonds is 5. The molecule has 10 nitrogen and oxygen atoms in total. The Bertz CT molecular complexity index is 935. The van der Waals surface area contributed by atoms with Crippen LogP contribution in [0.4, 0.5) is 16.2 Å². The van der Waals surface area contributed by atoms with Crippen molar-refractivity contribution in [2.45, 2.75) is 0 Å². The zero-order valence-electron chi connectivity index (χ0n) is 14.3. The summed E-state index contributed by atoms with van der Waals surface area (Å²) in [6, 6.07) is 7.74. The van der Waals surface area contributed by atoms with Crippen molar-refractivity contribution in [3.8, 4) is 17.2 Å². The molecule has 0 saturated heterocycles. The van der Waals surface area contributed by atoms with Gasteiger partial charge in [-0.05, 0) is 24.3 Å². The SMILES string of the molecule is O=C(COc1ccc(Cl)cc1[N+](=O)[O-])NC(=O)Nc1ccc2c(c1)OCCO2. The molecule has 2 aromatic carbocycles. The van der Waals surface area contributed by atoms with Gasteiger partial charge in [0.15, 0.2) is 23.9 Å². The minimum Gasteiger partial charge on any atom is -0.486 e. The molecule has 3 amide bonds. The number of nitro groups is 1. The second kappa shape index (κ2) is 8.44. The van der Waals surface area contributed by atoms with Crippen LogP contribution in [0.25, 0.3) is 0 Å². The van der Waals surface area contributed by atoms with E-state index in [4.69, 9.17) is 25.8 Å². The van der Waals surface area contributed by atoms with Crippen molar-refractivity contribution >= 4 is 34.9 Å². The van der Waals surface area contributed by atoms with Gasteiger partial charge in [0.25, 0.3) is 5.91 Å². The highest BCUT2D eigenvalue weighted by atomic mass is 35.5. The first-order valence-corrected chi connectivity index (χ1v) is 8.37. The largest absolute Gasteiger partial charge is 0.486 e. The minimum atomic E-state index is -0.795. The van der Waals surface area contributed by atoms with Gasteiger partial charge in [0.1, 0.15) is 13.2 Å². The number of halogens is 1. The summed E-state index contributed by atoms with van der Waals surface area (Å²) in [5.41, 5.74) is 0.00448. The number of ether oxygens (including phenoxy) is 3. The third-order valence-electron chi connectivity index (χ3n) is 3.53. The molecule has 0 radical (unpaired) electrons. The second-order valence-corrected chi connectivity index (χ2v) is 5.96. The average molecular weight is 408 g/mol. The molecule has 1 aliphatic rings. The number of benzene rings is 2. The maximum Gasteiger partial charge on any atom is 0.325 e. The minimum absolute atomic E-state index is 0.142. The van der Waals surface area contributed by atoms with E-state index in [9.17, 15) is 19.7 Å². The van der Waals surface area contributed by atoms with E-state index in [1.54, 1.807) is 18.2 Å². The first kappa shape index (κ1) is 19.2. The average Bonchev–Trinajstić information content (AvgIpc) is 2.66. The molecule has 2 aromatic rings. The van der Waals surface area contributed by atoms with Gasteiger partial charge in [-0.3, -0.25) is 20.2 Å². The number of fused-ring (bicyclic) bond motifs is 1. The summed E-state index contributed by atoms with van der Waals surface area (Å²) in [5, 5.41) is 15.7. The van der Waals surface area contributed by atoms with Crippen molar-refractivity contribution in [2.75, 3.05) is 25.1 Å². The summed E-state index contributed by atoms with van der Waals surface area (Å²) in [7, 11) is 0. The first-order chi connectivity index (χ1) is 13.4. The van der Waals surface area contributed by atoms with Crippen LogP contribution in [-0.2, 0) is 4.79 Å². The Morgan fingerprint density at radius 1 is 1.14 bits per heavy atom. The lowest BCUT2D eigenvalue weighted by Gasteiger charge is -2.19. The predicted octanol–water partition coefficient (Wildman–Crippen LogP) is 2.75. The summed E-state index contributed by atoms with van der Waals surface area (Å²) in [6.45, 7) is 0.243. The van der Waals surface area contributed by atoms with Gasteiger partial charge in [-0.25, -0.2) is 4.79 Å². The molecule has 3 rings (SSSR count). The van der Waals surface area contributed by atoms with Gasteiger partial charge in [0.05, 0.1) is 4.92 Å². The zero-order valence-corrected chi connectivity index (χ0v) is 15.0. The molecule has 0 fully saturated rings. The van der Waals surface area contributed by atoms with Gasteiger partial charge >= 0.3 is 11.7 Å². The summed E-state index contributed by atoms with van der Waals surface area (Å²) in [4.78, 5) is 34.1. The maximum absolute atomic E-state index is 11.9. The van der Waals surface area contributed by atoms with Gasteiger partial charge in [0, 0.05) is 22.8 Å². The topological polar surface area (TPSA) is 129 Å². The Kier molecular flexibility index (Phi) is 5.80. The van der Waals surface area contributed by atoms with E-state index >= 15 is 0 Å². The number of imide groups is 1. The number of nitrogens with one attached hydrogen (secondary N) is 2. The normalized spacial score (nSPS) is 12.0. The molecule has 28 heavy (non-hydrogen) atoms. The molecular weight excluding hydrogens is 394 g/mol. The monoisotopic (exact) mass is 407 g/mol. The zero-order chi connectivity index (χ0) is 20.1. The van der Waals surface area contributed by atoms with Gasteiger partial charge in [-0.1, -0.05) is 11.6 Å². The summed E-state index contributed by atoms with van der Waals surface area (Å²) in [6.07, 6.45) is 0. The molecule has 0 bridgehead atoms. The first-order valence-electron chi connectivity index (χ1n) is 7.99. The van der Waals surface area contributed by atoms with Gasteiger partial charge in [0.2, 0.25) is 0 Å². The fourth-order valence-corrected chi connectivity index (χ4v) is 2.51. The van der Waals surface area contributed by atoms with Crippen molar-refractivity contribution in [2.24, 2.45) is 0 Å². The van der Waals surface area contributed by atoms with Crippen LogP contribution in [0.5, 0.6) is 17.2 Å². The fraction of sp³-hybridized carbons (Fsp3) is 0.176. The molecule has 0 saturated carbocycles. The lowest BCUT2D eigenvalue weighted by Crippen LogP contribution is -2.37. The van der Waals surface area contributed by atoms with E-state index in [0.717, 1.165) is 6.07 Å². The van der Waals surface area contributed by atoms with Crippen LogP contribution in [0.15, 0.2) is 36.4 Å². The Balaban J connectivity index is 1.54. The molecule has 0 aliphatic carbocycles. The van der Waals surface area contributed by atoms with Crippen LogP contribution in [0.1, 0.15) is 0 Å². The van der Waals surface area contributed by atoms with Gasteiger partial charge < -0.3 is 19.5 Å². The van der Waals surface area contributed by atoms with E-state index in [1.807, 2.05) is 0 Å². The number of hydrogen-bond acceptors (Lipinski definition) is 7. The Labute approximate surface area is 163 Å². The van der Waals surface area contributed by atoms with E-state index in [0.29, 0.717) is 30.4 Å². The number of urea groups is 1. The fourth-order valence-electron chi connectivity index (χ4n) is 2.34. The molecule has 0 unspecified atom stereocenters. The number of carbonyl (C=O) groups excluding carboxylic acids is 2. The maximum atomic E-state index is 11.9. The van der Waals surface area contributed by atoms with Gasteiger partial charge in [-0.15, -0.1) is 0 Å². The van der Waals surface area contributed by atoms with Crippen molar-refractivity contribution in [3.05, 3.63) is 51.5 Å². The molecular formula is C17H14ClN3O7. The standard InChI is InChI=1S/C17H14ClN3O7/c18-10-1-3-13(12(7-10)21(24)25)28-9-16(22)20-17(23)19-11-2-4-14-15(8-11)27-6-5-26-14/h1-4,7-8H,5-6,9H2,(H2,19,20,22,23). The van der Waals surface area contributed by atoms with Crippen LogP contribution in [0.2, 0.25) is 5.02 Å². The summed E-state index contributed by atoms with van der Waals surface area (Å²) in [5.74, 6) is 0.107. The molecule has 11 heteroatoms. The molecule has 1 aliphatic heterocycles. The summed E-state index contributed by atoms with van der Waals surface area (Å²) >= 11 is 5.70. The number of anilines is 1. The quantitative estimate of drug-likeness (QED) is 0.575. The van der Waals surface area contributed by atoms with E-state index in [1.165, 1.54) is 12.1 Å². The van der Waals surface area contributed by atoms with Crippen LogP contribution < -0.4 is 24.8 Å². The van der Waals surface area contributed by atoms with Crippen molar-refractivity contribution < 1.29 is 28.7 Å². The summed E-state index contributed by atoms with van der Waals surface area (Å²) < 4.78 is 15.9. The highest BCUT2D eigenvalue weighted by molar-refractivity contribution is 6.30. The number of carbonyl (C=O) groups is 2. The smallest absolute Gasteiger partial charge is 0.325 e. The third kappa shape index (κ3) is 4.80. The number of hydrogen-bond donors (Lipinski definition) is 2. The second-order valence-electron chi connectivity index (χ2n) is 5.52. The van der Waals surface area contributed by atoms with Crippen LogP contribution in [-0.4, -0.2) is 36.7 Å². The van der Waals surface area contributed by atoms with Gasteiger partial charge in [-0.2, -0.15) is 0 Å². The Hall–Kier alpha value is -3.53. The highest BCUT2D eigenvalue weighted by Gasteiger charge is 2.18. The predicted molar refractivity (Wildman–Crippen MR) is 98.2 cm³/mol. The van der Waals surface area contributed by atoms with Crippen LogP contribution in [0, 0.1) is 10.1 Å². The molecule has 0 aromatic heterocycles. The number of nitrogens with zero attached hydrogens (tertiary/aromatic N) is 1. The third-order valence-corrected chi connectivity index (χ3v) is 3.76. The van der Waals surface area contributed by atoms with E-state index in [2.05, 4.69) is 10.6 Å². The van der Waals surface area contributed by atoms with Crippen molar-refractivity contribution in [1.29, 1.82) is 0 Å². The lowest BCUT2D eigenvalue weighted by atomic mass is 10.2. The molecule has 0 atom stereocenters. The number of nitro benzene ring substituents is 1. The molecule has 1 heterocycles. The van der Waals surface area contributed by atoms with E-state index in [-0.39, 0.29) is 16.5 Å². The Morgan fingerprint density at radius 3 is 2.64 bits per heavy atom. The number of amides is 3. The lowest BCUT2D eigenvalue weighted by molar-refractivity contribution is -0.385. The van der Waals surface area contributed by atoms with Crippen LogP contribution >= 0.6 is 11.6 Å². The van der Waals surface area contributed by atoms with Crippen molar-refractivity contribution in [1.82, 2.24) is 5.32 Å². The molecule has 146 valence electrons. The molecule has 0 spiro atoms. The molecule has 2 N–H and O–H groups in total. The highest BCUT2D eigenvalue weighted by Crippen LogP contribution is 2.32. The van der Waals surface area contributed by atoms with E-state index < -0.39 is 23.5 Å².